The van der Waals surface area contributed by atoms with E-state index in [0.717, 1.165) is 10.1 Å². The molecule has 0 radical (unpaired) electrons. The number of ketones is 1. The summed E-state index contributed by atoms with van der Waals surface area (Å²) in [5, 5.41) is 2.85. The number of carbonyl (C=O) groups excluding carboxylic acids is 1. The molecular formula is C16H10N2O2S. The number of rotatable bonds is 2. The molecule has 102 valence electrons. The van der Waals surface area contributed by atoms with E-state index >= 15 is 0 Å². The van der Waals surface area contributed by atoms with E-state index in [1.807, 2.05) is 29.6 Å². The van der Waals surface area contributed by atoms with Crippen LogP contribution in [0.5, 0.6) is 0 Å². The maximum Gasteiger partial charge on any atom is 0.323 e. The Morgan fingerprint density at radius 1 is 1.00 bits per heavy atom. The van der Waals surface area contributed by atoms with Crippen LogP contribution >= 0.6 is 11.3 Å². The fourth-order valence-corrected chi connectivity index (χ4v) is 3.42. The molecule has 2 aromatic carbocycles. The van der Waals surface area contributed by atoms with Crippen molar-refractivity contribution in [1.29, 1.82) is 0 Å². The van der Waals surface area contributed by atoms with Gasteiger partial charge in [0.15, 0.2) is 5.78 Å². The van der Waals surface area contributed by atoms with Gasteiger partial charge in [0, 0.05) is 26.6 Å². The van der Waals surface area contributed by atoms with Crippen molar-refractivity contribution in [2.75, 3.05) is 0 Å². The maximum atomic E-state index is 12.7. The van der Waals surface area contributed by atoms with Gasteiger partial charge in [-0.3, -0.25) is 4.79 Å². The highest BCUT2D eigenvalue weighted by atomic mass is 32.1. The highest BCUT2D eigenvalue weighted by Crippen LogP contribution is 2.28. The van der Waals surface area contributed by atoms with Crippen molar-refractivity contribution in [3.8, 4) is 0 Å². The van der Waals surface area contributed by atoms with Gasteiger partial charge in [-0.1, -0.05) is 18.2 Å². The van der Waals surface area contributed by atoms with Crippen LogP contribution in [0.25, 0.3) is 21.1 Å². The first-order valence-corrected chi connectivity index (χ1v) is 7.33. The summed E-state index contributed by atoms with van der Waals surface area (Å²) in [4.78, 5) is 29.3. The summed E-state index contributed by atoms with van der Waals surface area (Å²) < 4.78 is 1.09. The monoisotopic (exact) mass is 294 g/mol. The average Bonchev–Trinajstić information content (AvgIpc) is 3.07. The van der Waals surface area contributed by atoms with Crippen LogP contribution in [0, 0.1) is 0 Å². The molecule has 5 heteroatoms. The van der Waals surface area contributed by atoms with Crippen LogP contribution in [-0.4, -0.2) is 15.8 Å². The number of H-pyrrole nitrogens is 2. The Bertz CT molecular complexity index is 1040. The van der Waals surface area contributed by atoms with E-state index in [1.54, 1.807) is 29.5 Å². The lowest BCUT2D eigenvalue weighted by Crippen LogP contribution is -2.00. The summed E-state index contributed by atoms with van der Waals surface area (Å²) in [5.41, 5.74) is 2.35. The van der Waals surface area contributed by atoms with E-state index in [-0.39, 0.29) is 11.5 Å². The molecule has 0 amide bonds. The average molecular weight is 294 g/mol. The number of nitrogens with one attached hydrogen (secondary N) is 2. The smallest absolute Gasteiger partial charge is 0.306 e. The Morgan fingerprint density at radius 2 is 1.81 bits per heavy atom. The molecule has 0 atom stereocenters. The molecule has 4 aromatic rings. The number of aromatic nitrogens is 2. The summed E-state index contributed by atoms with van der Waals surface area (Å²) in [6, 6.07) is 13.0. The van der Waals surface area contributed by atoms with Crippen molar-refractivity contribution in [3.63, 3.8) is 0 Å². The Labute approximate surface area is 123 Å². The van der Waals surface area contributed by atoms with Gasteiger partial charge in [-0.2, -0.15) is 0 Å². The van der Waals surface area contributed by atoms with E-state index in [2.05, 4.69) is 9.97 Å². The highest BCUT2D eigenvalue weighted by Gasteiger charge is 2.14. The number of benzene rings is 2. The van der Waals surface area contributed by atoms with E-state index in [0.29, 0.717) is 22.2 Å². The molecule has 21 heavy (non-hydrogen) atoms. The summed E-state index contributed by atoms with van der Waals surface area (Å²) in [6.45, 7) is 0. The van der Waals surface area contributed by atoms with Crippen LogP contribution < -0.4 is 5.69 Å². The standard InChI is InChI=1S/C16H10N2O2S/c19-15(11-8-21-14-4-2-1-3-10(11)14)9-5-6-12-13(7-9)18-16(20)17-12/h1-8H,(H2,17,18,20). The number of hydrogen-bond donors (Lipinski definition) is 2. The van der Waals surface area contributed by atoms with Crippen molar-refractivity contribution in [2.45, 2.75) is 0 Å². The molecule has 2 aromatic heterocycles. The molecule has 4 nitrogen and oxygen atoms in total. The zero-order valence-electron chi connectivity index (χ0n) is 10.8. The first-order chi connectivity index (χ1) is 10.2. The third kappa shape index (κ3) is 1.90. The molecule has 0 saturated heterocycles. The first kappa shape index (κ1) is 12.1. The number of hydrogen-bond acceptors (Lipinski definition) is 3. The van der Waals surface area contributed by atoms with E-state index in [4.69, 9.17) is 0 Å². The quantitative estimate of drug-likeness (QED) is 0.557. The van der Waals surface area contributed by atoms with Crippen LogP contribution in [0.4, 0.5) is 0 Å². The summed E-state index contributed by atoms with van der Waals surface area (Å²) in [7, 11) is 0. The van der Waals surface area contributed by atoms with E-state index < -0.39 is 0 Å². The fourth-order valence-electron chi connectivity index (χ4n) is 2.48. The van der Waals surface area contributed by atoms with Crippen molar-refractivity contribution < 1.29 is 4.79 Å². The summed E-state index contributed by atoms with van der Waals surface area (Å²) in [5.74, 6) is -0.0311. The van der Waals surface area contributed by atoms with Gasteiger partial charge < -0.3 is 9.97 Å². The van der Waals surface area contributed by atoms with Crippen LogP contribution in [-0.2, 0) is 0 Å². The lowest BCUT2D eigenvalue weighted by atomic mass is 10.0. The molecule has 0 aliphatic carbocycles. The predicted molar refractivity (Wildman–Crippen MR) is 84.2 cm³/mol. The van der Waals surface area contributed by atoms with Gasteiger partial charge in [-0.05, 0) is 24.3 Å². The molecule has 0 saturated carbocycles. The third-order valence-corrected chi connectivity index (χ3v) is 4.47. The van der Waals surface area contributed by atoms with Crippen LogP contribution in [0.3, 0.4) is 0 Å². The molecule has 0 aliphatic rings. The summed E-state index contributed by atoms with van der Waals surface area (Å²) >= 11 is 1.56. The maximum absolute atomic E-state index is 12.7. The van der Waals surface area contributed by atoms with Crippen molar-refractivity contribution in [1.82, 2.24) is 9.97 Å². The minimum absolute atomic E-state index is 0.0311. The van der Waals surface area contributed by atoms with Gasteiger partial charge in [0.1, 0.15) is 0 Å². The number of fused-ring (bicyclic) bond motifs is 2. The Morgan fingerprint density at radius 3 is 2.71 bits per heavy atom. The topological polar surface area (TPSA) is 65.7 Å². The first-order valence-electron chi connectivity index (χ1n) is 6.45. The second-order valence-corrected chi connectivity index (χ2v) is 5.73. The zero-order valence-corrected chi connectivity index (χ0v) is 11.7. The van der Waals surface area contributed by atoms with Gasteiger partial charge in [0.2, 0.25) is 0 Å². The van der Waals surface area contributed by atoms with Crippen LogP contribution in [0.2, 0.25) is 0 Å². The molecule has 2 heterocycles. The van der Waals surface area contributed by atoms with E-state index in [1.165, 1.54) is 0 Å². The summed E-state index contributed by atoms with van der Waals surface area (Å²) in [6.07, 6.45) is 0. The number of imidazole rings is 1. The van der Waals surface area contributed by atoms with Crippen LogP contribution in [0.1, 0.15) is 15.9 Å². The SMILES string of the molecule is O=C(c1ccc2[nH]c(=O)[nH]c2c1)c1csc2ccccc12. The van der Waals surface area contributed by atoms with E-state index in [9.17, 15) is 9.59 Å². The van der Waals surface area contributed by atoms with Gasteiger partial charge >= 0.3 is 5.69 Å². The molecule has 0 unspecified atom stereocenters. The number of carbonyl (C=O) groups is 1. The lowest BCUT2D eigenvalue weighted by molar-refractivity contribution is 0.104. The minimum atomic E-state index is -0.268. The number of aromatic amines is 2. The zero-order chi connectivity index (χ0) is 14.4. The van der Waals surface area contributed by atoms with Gasteiger partial charge in [0.25, 0.3) is 0 Å². The van der Waals surface area contributed by atoms with Crippen LogP contribution in [0.15, 0.2) is 52.6 Å². The lowest BCUT2D eigenvalue weighted by Gasteiger charge is -2.00. The third-order valence-electron chi connectivity index (χ3n) is 3.50. The predicted octanol–water partition coefficient (Wildman–Crippen LogP) is 3.30. The van der Waals surface area contributed by atoms with Crippen molar-refractivity contribution >= 4 is 38.2 Å². The molecule has 4 rings (SSSR count). The highest BCUT2D eigenvalue weighted by molar-refractivity contribution is 7.17. The Balaban J connectivity index is 1.87. The molecule has 0 spiro atoms. The second kappa shape index (κ2) is 4.43. The molecule has 0 fully saturated rings. The molecule has 2 N–H and O–H groups in total. The molecule has 0 aliphatic heterocycles. The Hall–Kier alpha value is -2.66. The normalized spacial score (nSPS) is 11.2. The van der Waals surface area contributed by atoms with Gasteiger partial charge in [0.05, 0.1) is 11.0 Å². The minimum Gasteiger partial charge on any atom is -0.306 e. The van der Waals surface area contributed by atoms with Crippen molar-refractivity contribution in [3.05, 3.63) is 69.5 Å². The number of thiophene rings is 1. The molecule has 0 bridgehead atoms. The molecular weight excluding hydrogens is 284 g/mol. The Kier molecular flexibility index (Phi) is 2.55. The van der Waals surface area contributed by atoms with Crippen molar-refractivity contribution in [2.24, 2.45) is 0 Å². The second-order valence-electron chi connectivity index (χ2n) is 4.81. The fraction of sp³-hybridized carbons (Fsp3) is 0. The van der Waals surface area contributed by atoms with Gasteiger partial charge in [-0.15, -0.1) is 11.3 Å². The van der Waals surface area contributed by atoms with Gasteiger partial charge in [-0.25, -0.2) is 4.79 Å². The largest absolute Gasteiger partial charge is 0.323 e.